The summed E-state index contributed by atoms with van der Waals surface area (Å²) in [5, 5.41) is 15.1. The minimum absolute atomic E-state index is 0.0168. The number of esters is 1. The lowest BCUT2D eigenvalue weighted by Crippen LogP contribution is -2.46. The zero-order valence-electron chi connectivity index (χ0n) is 25.3. The molecule has 3 aliphatic rings. The van der Waals surface area contributed by atoms with Gasteiger partial charge in [-0.2, -0.15) is 0 Å². The first-order chi connectivity index (χ1) is 20.8. The summed E-state index contributed by atoms with van der Waals surface area (Å²) in [7, 11) is 0. The molecule has 2 saturated heterocycles. The number of aliphatic carboxylic acids is 1. The summed E-state index contributed by atoms with van der Waals surface area (Å²) in [5.41, 5.74) is 0.273. The van der Waals surface area contributed by atoms with E-state index in [1.54, 1.807) is 54.3 Å². The number of thiazole rings is 1. The molecule has 0 bridgehead atoms. The Bertz CT molecular complexity index is 1460. The fraction of sp³-hybridized carbons (Fsp3) is 0.548. The van der Waals surface area contributed by atoms with Crippen LogP contribution >= 0.6 is 11.3 Å². The van der Waals surface area contributed by atoms with E-state index in [0.717, 1.165) is 0 Å². The first-order valence-electron chi connectivity index (χ1n) is 14.8. The van der Waals surface area contributed by atoms with Gasteiger partial charge in [0, 0.05) is 36.4 Å². The minimum Gasteiger partial charge on any atom is -0.481 e. The minimum atomic E-state index is -3.06. The van der Waals surface area contributed by atoms with Crippen LogP contribution in [0.3, 0.4) is 0 Å². The Morgan fingerprint density at radius 2 is 2.05 bits per heavy atom. The van der Waals surface area contributed by atoms with Crippen LogP contribution < -0.4 is 5.32 Å². The fourth-order valence-corrected chi connectivity index (χ4v) is 6.82. The zero-order valence-corrected chi connectivity index (χ0v) is 26.1. The maximum Gasteiger partial charge on any atom is 0.338 e. The molecule has 1 aromatic heterocycles. The van der Waals surface area contributed by atoms with E-state index in [9.17, 15) is 19.1 Å². The lowest BCUT2D eigenvalue weighted by Gasteiger charge is -2.31. The van der Waals surface area contributed by atoms with E-state index in [0.29, 0.717) is 47.1 Å². The third-order valence-electron chi connectivity index (χ3n) is 8.77. The maximum atomic E-state index is 15.7. The molecule has 2 fully saturated rings. The quantitative estimate of drug-likeness (QED) is 0.341. The molecular weight excluding hydrogens is 595 g/mol. The van der Waals surface area contributed by atoms with Crippen molar-refractivity contribution in [1.82, 2.24) is 20.1 Å². The Balaban J connectivity index is 1.51. The number of carbonyl (C=O) groups is 2. The van der Waals surface area contributed by atoms with Crippen molar-refractivity contribution in [3.63, 3.8) is 0 Å². The molecule has 44 heavy (non-hydrogen) atoms. The first-order valence-corrected chi connectivity index (χ1v) is 15.7. The molecule has 0 spiro atoms. The molecule has 0 saturated carbocycles. The second-order valence-electron chi connectivity index (χ2n) is 12.3. The highest BCUT2D eigenvalue weighted by Crippen LogP contribution is 2.43. The Morgan fingerprint density at radius 1 is 1.27 bits per heavy atom. The van der Waals surface area contributed by atoms with Crippen molar-refractivity contribution in [2.24, 2.45) is 10.4 Å². The highest BCUT2D eigenvalue weighted by molar-refractivity contribution is 7.11. The van der Waals surface area contributed by atoms with Crippen molar-refractivity contribution in [3.8, 4) is 0 Å². The summed E-state index contributed by atoms with van der Waals surface area (Å²) in [5.74, 6) is -4.75. The van der Waals surface area contributed by atoms with E-state index >= 15 is 8.78 Å². The van der Waals surface area contributed by atoms with Gasteiger partial charge in [0.1, 0.15) is 11.9 Å². The Labute approximate surface area is 258 Å². The fourth-order valence-electron chi connectivity index (χ4n) is 6.24. The second kappa shape index (κ2) is 12.6. The molecule has 13 heteroatoms. The molecule has 0 aliphatic carbocycles. The molecule has 3 atom stereocenters. The topological polar surface area (TPSA) is 107 Å². The smallest absolute Gasteiger partial charge is 0.338 e. The van der Waals surface area contributed by atoms with Crippen molar-refractivity contribution >= 4 is 29.1 Å². The van der Waals surface area contributed by atoms with E-state index in [2.05, 4.69) is 10.3 Å². The van der Waals surface area contributed by atoms with Gasteiger partial charge in [-0.05, 0) is 63.8 Å². The van der Waals surface area contributed by atoms with Gasteiger partial charge in [-0.3, -0.25) is 19.6 Å². The Hall–Kier alpha value is -3.29. The number of aromatic nitrogens is 1. The molecular formula is C31H38F3N5O4S. The summed E-state index contributed by atoms with van der Waals surface area (Å²) in [4.78, 5) is 37.8. The lowest BCUT2D eigenvalue weighted by atomic mass is 9.89. The predicted octanol–water partition coefficient (Wildman–Crippen LogP) is 4.78. The summed E-state index contributed by atoms with van der Waals surface area (Å²) >= 11 is 1.33. The Morgan fingerprint density at radius 3 is 2.73 bits per heavy atom. The van der Waals surface area contributed by atoms with Gasteiger partial charge < -0.3 is 15.2 Å². The van der Waals surface area contributed by atoms with Crippen LogP contribution in [0.1, 0.15) is 62.2 Å². The number of hydrogen-bond donors (Lipinski definition) is 2. The van der Waals surface area contributed by atoms with Crippen molar-refractivity contribution in [3.05, 3.63) is 63.0 Å². The van der Waals surface area contributed by atoms with Crippen LogP contribution in [0.4, 0.5) is 13.2 Å². The van der Waals surface area contributed by atoms with Crippen LogP contribution in [0.2, 0.25) is 0 Å². The monoisotopic (exact) mass is 633 g/mol. The van der Waals surface area contributed by atoms with Crippen LogP contribution in [0.5, 0.6) is 0 Å². The molecule has 0 radical (unpaired) electrons. The number of alkyl halides is 2. The van der Waals surface area contributed by atoms with E-state index in [4.69, 9.17) is 9.73 Å². The molecule has 5 rings (SSSR count). The standard InChI is InChI=1S/C31H38F3N5O4S/c1-5-14-43-28(40)23-21(36-26(27-35-11-15-44-27)37-24(23)19-7-6-8-20(32)18(19)2)16-39-17-31(33,34)25-22(39)9-12-38(25)13-10-30(3,4)29(41)42/h6-8,11,15,22,24-25H,5,9-10,12-14,16-17H2,1-4H3,(H,36,37)(H,41,42). The van der Waals surface area contributed by atoms with Gasteiger partial charge in [-0.1, -0.05) is 19.1 Å². The zero-order chi connectivity index (χ0) is 31.8. The van der Waals surface area contributed by atoms with E-state index < -0.39 is 53.8 Å². The number of aliphatic imine (C=N–C) groups is 1. The number of carbonyl (C=O) groups excluding carboxylic acids is 1. The number of halogens is 3. The number of nitrogens with one attached hydrogen (secondary N) is 1. The van der Waals surface area contributed by atoms with Gasteiger partial charge in [0.2, 0.25) is 0 Å². The van der Waals surface area contributed by atoms with Gasteiger partial charge in [0.05, 0.1) is 30.2 Å². The summed E-state index contributed by atoms with van der Waals surface area (Å²) in [6.45, 7) is 6.93. The number of fused-ring (bicyclic) bond motifs is 1. The number of likely N-dealkylation sites (tertiary alicyclic amines) is 2. The van der Waals surface area contributed by atoms with Crippen molar-refractivity contribution in [2.45, 2.75) is 71.0 Å². The SMILES string of the molecule is CCCOC(=O)C1=C(CN2CC(F)(F)C3C2CCN3CCC(C)(C)C(=O)O)NC(c2nccs2)=NC1c1cccc(F)c1C. The van der Waals surface area contributed by atoms with Crippen molar-refractivity contribution in [1.29, 1.82) is 0 Å². The van der Waals surface area contributed by atoms with Crippen molar-refractivity contribution < 1.29 is 32.6 Å². The highest BCUT2D eigenvalue weighted by Gasteiger charge is 2.59. The van der Waals surface area contributed by atoms with Crippen molar-refractivity contribution in [2.75, 3.05) is 32.8 Å². The van der Waals surface area contributed by atoms with Gasteiger partial charge in [0.25, 0.3) is 5.92 Å². The lowest BCUT2D eigenvalue weighted by molar-refractivity contribution is -0.147. The molecule has 3 unspecified atom stereocenters. The van der Waals surface area contributed by atoms with Gasteiger partial charge in [-0.15, -0.1) is 11.3 Å². The number of rotatable bonds is 11. The first kappa shape index (κ1) is 32.1. The molecule has 2 aromatic rings. The number of carboxylic acids is 1. The van der Waals surface area contributed by atoms with Gasteiger partial charge in [0.15, 0.2) is 10.8 Å². The molecule has 2 N–H and O–H groups in total. The number of amidine groups is 1. The normalized spacial score (nSPS) is 23.8. The largest absolute Gasteiger partial charge is 0.481 e. The third-order valence-corrected chi connectivity index (χ3v) is 9.55. The number of nitrogens with zero attached hydrogens (tertiary/aromatic N) is 4. The van der Waals surface area contributed by atoms with Crippen LogP contribution in [0, 0.1) is 18.2 Å². The van der Waals surface area contributed by atoms with Crippen LogP contribution in [-0.2, 0) is 14.3 Å². The molecule has 9 nitrogen and oxygen atoms in total. The highest BCUT2D eigenvalue weighted by atomic mass is 32.1. The average Bonchev–Trinajstić information content (AvgIpc) is 3.71. The number of carboxylic acid groups (broad SMARTS) is 1. The molecule has 3 aliphatic heterocycles. The number of ether oxygens (including phenoxy) is 1. The van der Waals surface area contributed by atoms with Crippen LogP contribution in [-0.4, -0.2) is 88.5 Å². The van der Waals surface area contributed by atoms with Gasteiger partial charge in [-0.25, -0.2) is 22.9 Å². The van der Waals surface area contributed by atoms with E-state index in [-0.39, 0.29) is 31.7 Å². The number of benzene rings is 1. The predicted molar refractivity (Wildman–Crippen MR) is 160 cm³/mol. The average molecular weight is 634 g/mol. The molecule has 4 heterocycles. The molecule has 0 amide bonds. The summed E-state index contributed by atoms with van der Waals surface area (Å²) in [6, 6.07) is 2.05. The Kier molecular flexibility index (Phi) is 9.20. The van der Waals surface area contributed by atoms with Crippen LogP contribution in [0.15, 0.2) is 46.0 Å². The summed E-state index contributed by atoms with van der Waals surface area (Å²) in [6.07, 6.45) is 2.90. The third kappa shape index (κ3) is 6.27. The van der Waals surface area contributed by atoms with E-state index in [1.807, 2.05) is 6.92 Å². The number of hydrogen-bond acceptors (Lipinski definition) is 9. The summed E-state index contributed by atoms with van der Waals surface area (Å²) < 4.78 is 51.7. The molecule has 1 aromatic carbocycles. The second-order valence-corrected chi connectivity index (χ2v) is 13.2. The van der Waals surface area contributed by atoms with Crippen LogP contribution in [0.25, 0.3) is 0 Å². The van der Waals surface area contributed by atoms with E-state index in [1.165, 1.54) is 17.4 Å². The molecule has 238 valence electrons. The van der Waals surface area contributed by atoms with Gasteiger partial charge >= 0.3 is 11.9 Å². The maximum absolute atomic E-state index is 15.7.